The first-order chi connectivity index (χ1) is 15.3. The summed E-state index contributed by atoms with van der Waals surface area (Å²) in [5.74, 6) is 2.61. The van der Waals surface area contributed by atoms with Crippen LogP contribution in [-0.2, 0) is 27.7 Å². The lowest BCUT2D eigenvalue weighted by atomic mass is 10.0. The molecule has 0 bridgehead atoms. The Morgan fingerprint density at radius 1 is 1.25 bits per heavy atom. The van der Waals surface area contributed by atoms with Crippen molar-refractivity contribution in [3.8, 4) is 11.1 Å². The molecule has 0 aliphatic carbocycles. The lowest BCUT2D eigenvalue weighted by molar-refractivity contribution is 0.151. The topological polar surface area (TPSA) is 75.7 Å². The average Bonchev–Trinajstić information content (AvgIpc) is 3.38. The van der Waals surface area contributed by atoms with Crippen LogP contribution in [0.25, 0.3) is 11.1 Å². The Balaban J connectivity index is 1.84. The van der Waals surface area contributed by atoms with Gasteiger partial charge in [0, 0.05) is 35.2 Å². The lowest BCUT2D eigenvalue weighted by Crippen LogP contribution is -2.31. The molecular formula is C23H32N2O4S3. The largest absolute Gasteiger partial charge is 0.449 e. The van der Waals surface area contributed by atoms with E-state index in [1.54, 1.807) is 0 Å². The summed E-state index contributed by atoms with van der Waals surface area (Å²) in [5, 5.41) is 0. The molecule has 0 saturated carbocycles. The zero-order valence-electron chi connectivity index (χ0n) is 18.9. The number of carbonyl (C=O) groups is 1. The van der Waals surface area contributed by atoms with Crippen molar-refractivity contribution in [1.82, 2.24) is 9.62 Å². The number of nitrogens with one attached hydrogen (secondary N) is 1. The normalized spacial score (nSPS) is 14.8. The van der Waals surface area contributed by atoms with Gasteiger partial charge in [-0.05, 0) is 36.0 Å². The smallest absolute Gasteiger partial charge is 0.421 e. The molecule has 1 aliphatic heterocycles. The molecule has 1 amide bonds. The fraction of sp³-hybridized carbons (Fsp3) is 0.522. The summed E-state index contributed by atoms with van der Waals surface area (Å²) in [5.41, 5.74) is 2.66. The molecule has 6 nitrogen and oxygen atoms in total. The van der Waals surface area contributed by atoms with E-state index in [2.05, 4.69) is 35.6 Å². The number of ether oxygens (including phenoxy) is 1. The molecule has 1 N–H and O–H groups in total. The van der Waals surface area contributed by atoms with Crippen molar-refractivity contribution in [1.29, 1.82) is 0 Å². The Bertz CT molecular complexity index is 995. The Hall–Kier alpha value is -1.55. The zero-order chi connectivity index (χ0) is 23.1. The van der Waals surface area contributed by atoms with Gasteiger partial charge in [-0.15, -0.1) is 23.1 Å². The van der Waals surface area contributed by atoms with Crippen molar-refractivity contribution in [2.24, 2.45) is 5.92 Å². The molecule has 1 aliphatic rings. The van der Waals surface area contributed by atoms with Crippen LogP contribution >= 0.6 is 23.1 Å². The molecule has 2 heterocycles. The van der Waals surface area contributed by atoms with Gasteiger partial charge in [-0.2, -0.15) is 0 Å². The van der Waals surface area contributed by atoms with Crippen LogP contribution in [0.1, 0.15) is 44.1 Å². The third-order valence-electron chi connectivity index (χ3n) is 5.05. The molecule has 1 aromatic heterocycles. The molecule has 2 aromatic rings. The van der Waals surface area contributed by atoms with E-state index in [1.807, 2.05) is 36.9 Å². The molecule has 0 radical (unpaired) electrons. The third kappa shape index (κ3) is 6.97. The lowest BCUT2D eigenvalue weighted by Gasteiger charge is -2.14. The minimum absolute atomic E-state index is 0.157. The second-order valence-electron chi connectivity index (χ2n) is 8.39. The maximum Gasteiger partial charge on any atom is 0.421 e. The fourth-order valence-electron chi connectivity index (χ4n) is 3.45. The number of thiophene rings is 1. The van der Waals surface area contributed by atoms with Gasteiger partial charge in [0.2, 0.25) is 0 Å². The quantitative estimate of drug-likeness (QED) is 0.448. The molecule has 1 saturated heterocycles. The van der Waals surface area contributed by atoms with Crippen LogP contribution in [0, 0.1) is 5.92 Å². The number of benzene rings is 1. The molecule has 1 aromatic carbocycles. The number of hydrogen-bond acceptors (Lipinski definition) is 7. The van der Waals surface area contributed by atoms with E-state index in [-0.39, 0.29) is 10.8 Å². The van der Waals surface area contributed by atoms with Gasteiger partial charge in [-0.25, -0.2) is 17.9 Å². The number of nitrogens with zero attached hydrogens (tertiary/aromatic N) is 1. The van der Waals surface area contributed by atoms with Crippen molar-refractivity contribution in [2.45, 2.75) is 50.8 Å². The summed E-state index contributed by atoms with van der Waals surface area (Å²) in [6, 6.07) is 9.99. The number of amides is 1. The van der Waals surface area contributed by atoms with Crippen LogP contribution in [0.3, 0.4) is 0 Å². The second kappa shape index (κ2) is 11.5. The first-order valence-electron chi connectivity index (χ1n) is 11.0. The molecule has 0 atom stereocenters. The van der Waals surface area contributed by atoms with Crippen LogP contribution < -0.4 is 4.72 Å². The van der Waals surface area contributed by atoms with E-state index in [1.165, 1.54) is 22.7 Å². The molecule has 0 unspecified atom stereocenters. The SMILES string of the molecule is CCCCOC(=O)NS(=O)(=O)c1sc(CC(C)C)cc1-c1ccc(CN2CCSC2)cc1. The number of thioether (sulfide) groups is 1. The van der Waals surface area contributed by atoms with E-state index in [4.69, 9.17) is 4.74 Å². The van der Waals surface area contributed by atoms with Gasteiger partial charge < -0.3 is 4.74 Å². The highest BCUT2D eigenvalue weighted by molar-refractivity contribution is 7.99. The van der Waals surface area contributed by atoms with Crippen molar-refractivity contribution >= 4 is 39.2 Å². The van der Waals surface area contributed by atoms with Gasteiger partial charge in [0.15, 0.2) is 0 Å². The van der Waals surface area contributed by atoms with Crippen LogP contribution in [0.2, 0.25) is 0 Å². The molecule has 176 valence electrons. The summed E-state index contributed by atoms with van der Waals surface area (Å²) in [6.07, 6.45) is 1.40. The van der Waals surface area contributed by atoms with E-state index in [0.717, 1.165) is 42.2 Å². The van der Waals surface area contributed by atoms with Gasteiger partial charge >= 0.3 is 6.09 Å². The number of hydrogen-bond donors (Lipinski definition) is 1. The fourth-order valence-corrected chi connectivity index (χ4v) is 7.28. The van der Waals surface area contributed by atoms with Crippen molar-refractivity contribution in [3.63, 3.8) is 0 Å². The summed E-state index contributed by atoms with van der Waals surface area (Å²) >= 11 is 3.16. The van der Waals surface area contributed by atoms with Gasteiger partial charge in [-0.1, -0.05) is 51.5 Å². The van der Waals surface area contributed by atoms with Gasteiger partial charge in [0.1, 0.15) is 4.21 Å². The van der Waals surface area contributed by atoms with Crippen LogP contribution in [0.15, 0.2) is 34.5 Å². The summed E-state index contributed by atoms with van der Waals surface area (Å²) in [4.78, 5) is 15.4. The predicted molar refractivity (Wildman–Crippen MR) is 133 cm³/mol. The molecule has 3 rings (SSSR count). The van der Waals surface area contributed by atoms with Gasteiger partial charge in [0.25, 0.3) is 10.0 Å². The Morgan fingerprint density at radius 2 is 2.00 bits per heavy atom. The Labute approximate surface area is 199 Å². The maximum atomic E-state index is 13.1. The standard InChI is InChI=1S/C23H32N2O4S3/c1-4-5-11-29-23(26)24-32(27,28)22-21(14-20(31-22)13-17(2)3)19-8-6-18(7-9-19)15-25-10-12-30-16-25/h6-9,14,17H,4-5,10-13,15-16H2,1-3H3,(H,24,26). The first-order valence-corrected chi connectivity index (χ1v) is 14.5. The van der Waals surface area contributed by atoms with Crippen molar-refractivity contribution in [3.05, 3.63) is 40.8 Å². The number of sulfonamides is 1. The first kappa shape index (κ1) is 25.1. The number of rotatable bonds is 10. The Morgan fingerprint density at radius 3 is 2.62 bits per heavy atom. The molecule has 0 spiro atoms. The van der Waals surface area contributed by atoms with Crippen molar-refractivity contribution < 1.29 is 17.9 Å². The van der Waals surface area contributed by atoms with Crippen molar-refractivity contribution in [2.75, 3.05) is 24.8 Å². The summed E-state index contributed by atoms with van der Waals surface area (Å²) < 4.78 is 33.4. The second-order valence-corrected chi connectivity index (χ2v) is 12.5. The highest BCUT2D eigenvalue weighted by Gasteiger charge is 2.26. The van der Waals surface area contributed by atoms with Gasteiger partial charge in [-0.3, -0.25) is 4.90 Å². The van der Waals surface area contributed by atoms with Crippen LogP contribution in [0.5, 0.6) is 0 Å². The van der Waals surface area contributed by atoms with E-state index >= 15 is 0 Å². The summed E-state index contributed by atoms with van der Waals surface area (Å²) in [6.45, 7) is 8.36. The average molecular weight is 497 g/mol. The minimum atomic E-state index is -4.04. The third-order valence-corrected chi connectivity index (χ3v) is 9.07. The van der Waals surface area contributed by atoms with Crippen LogP contribution in [0.4, 0.5) is 4.79 Å². The highest BCUT2D eigenvalue weighted by atomic mass is 32.2. The number of unbranched alkanes of at least 4 members (excludes halogenated alkanes) is 1. The van der Waals surface area contributed by atoms with Crippen LogP contribution in [-0.4, -0.2) is 44.2 Å². The Kier molecular flexibility index (Phi) is 9.04. The highest BCUT2D eigenvalue weighted by Crippen LogP contribution is 2.36. The molecule has 32 heavy (non-hydrogen) atoms. The predicted octanol–water partition coefficient (Wildman–Crippen LogP) is 5.33. The van der Waals surface area contributed by atoms with E-state index < -0.39 is 16.1 Å². The molecule has 1 fully saturated rings. The monoisotopic (exact) mass is 496 g/mol. The van der Waals surface area contributed by atoms with E-state index in [0.29, 0.717) is 17.9 Å². The molecular weight excluding hydrogens is 464 g/mol. The number of carbonyl (C=O) groups excluding carboxylic acids is 1. The maximum absolute atomic E-state index is 13.1. The molecule has 9 heteroatoms. The minimum Gasteiger partial charge on any atom is -0.449 e. The van der Waals surface area contributed by atoms with E-state index in [9.17, 15) is 13.2 Å². The zero-order valence-corrected chi connectivity index (χ0v) is 21.4. The van der Waals surface area contributed by atoms with Gasteiger partial charge in [0.05, 0.1) is 6.61 Å². The summed E-state index contributed by atoms with van der Waals surface area (Å²) in [7, 11) is -4.04.